The average Bonchev–Trinajstić information content (AvgIpc) is 3.31. The summed E-state index contributed by atoms with van der Waals surface area (Å²) in [4.78, 5) is 17.7. The summed E-state index contributed by atoms with van der Waals surface area (Å²) in [7, 11) is -2.21. The minimum atomic E-state index is -3.95. The van der Waals surface area contributed by atoms with Gasteiger partial charge in [0.1, 0.15) is 17.7 Å². The fraction of sp³-hybridized carbons (Fsp3) is 0.238. The van der Waals surface area contributed by atoms with Crippen LogP contribution in [0, 0.1) is 5.82 Å². The summed E-state index contributed by atoms with van der Waals surface area (Å²) in [6, 6.07) is 9.61. The maximum absolute atomic E-state index is 13.8. The van der Waals surface area contributed by atoms with E-state index in [1.165, 1.54) is 31.2 Å². The van der Waals surface area contributed by atoms with Gasteiger partial charge in [-0.1, -0.05) is 12.1 Å². The van der Waals surface area contributed by atoms with Crippen LogP contribution in [0.4, 0.5) is 10.1 Å². The Morgan fingerprint density at radius 3 is 2.70 bits per heavy atom. The molecular formula is C21H21FN4O3S. The van der Waals surface area contributed by atoms with E-state index in [4.69, 9.17) is 0 Å². The van der Waals surface area contributed by atoms with E-state index in [9.17, 15) is 17.6 Å². The Kier molecular flexibility index (Phi) is 5.17. The maximum atomic E-state index is 13.8. The number of aryl methyl sites for hydroxylation is 1. The summed E-state index contributed by atoms with van der Waals surface area (Å²) >= 11 is 0. The van der Waals surface area contributed by atoms with Gasteiger partial charge in [0, 0.05) is 38.6 Å². The van der Waals surface area contributed by atoms with Crippen molar-refractivity contribution in [3.8, 4) is 0 Å². The number of sulfonamides is 1. The van der Waals surface area contributed by atoms with Gasteiger partial charge in [-0.3, -0.25) is 4.79 Å². The molecule has 0 fully saturated rings. The first-order valence-corrected chi connectivity index (χ1v) is 10.9. The number of carbonyl (C=O) groups is 1. The van der Waals surface area contributed by atoms with Crippen LogP contribution in [0.3, 0.4) is 0 Å². The molecule has 1 unspecified atom stereocenters. The zero-order valence-corrected chi connectivity index (χ0v) is 17.4. The molecule has 7 nitrogen and oxygen atoms in total. The number of anilines is 1. The second-order valence-corrected chi connectivity index (χ2v) is 8.93. The predicted octanol–water partition coefficient (Wildman–Crippen LogP) is 2.54. The Hall–Kier alpha value is -3.04. The normalized spacial score (nSPS) is 14.6. The zero-order chi connectivity index (χ0) is 21.5. The molecule has 1 aliphatic rings. The molecule has 2 aromatic carbocycles. The number of benzene rings is 2. The first-order valence-electron chi connectivity index (χ1n) is 9.42. The van der Waals surface area contributed by atoms with Crippen molar-refractivity contribution in [3.63, 3.8) is 0 Å². The Bertz CT molecular complexity index is 1220. The van der Waals surface area contributed by atoms with E-state index < -0.39 is 21.9 Å². The predicted molar refractivity (Wildman–Crippen MR) is 110 cm³/mol. The van der Waals surface area contributed by atoms with Gasteiger partial charge in [-0.2, -0.15) is 4.72 Å². The molecule has 30 heavy (non-hydrogen) atoms. The van der Waals surface area contributed by atoms with Crippen molar-refractivity contribution < 1.29 is 17.6 Å². The number of hydrogen-bond acceptors (Lipinski definition) is 4. The molecule has 1 aliphatic heterocycles. The highest BCUT2D eigenvalue weighted by molar-refractivity contribution is 7.89. The van der Waals surface area contributed by atoms with Crippen LogP contribution in [0.15, 0.2) is 59.8 Å². The number of fused-ring (bicyclic) bond motifs is 1. The van der Waals surface area contributed by atoms with Crippen LogP contribution >= 0.6 is 0 Å². The lowest BCUT2D eigenvalue weighted by Crippen LogP contribution is -2.31. The Labute approximate surface area is 174 Å². The lowest BCUT2D eigenvalue weighted by atomic mass is 10.1. The van der Waals surface area contributed by atoms with Crippen LogP contribution in [-0.2, 0) is 28.3 Å². The molecule has 4 rings (SSSR count). The van der Waals surface area contributed by atoms with Crippen molar-refractivity contribution in [3.05, 3.63) is 77.6 Å². The van der Waals surface area contributed by atoms with Crippen LogP contribution < -0.4 is 9.62 Å². The second kappa shape index (κ2) is 7.66. The number of carbonyl (C=O) groups excluding carboxylic acids is 1. The number of aromatic nitrogens is 2. The van der Waals surface area contributed by atoms with Crippen LogP contribution in [0.25, 0.3) is 0 Å². The summed E-state index contributed by atoms with van der Waals surface area (Å²) in [5.74, 6) is -0.107. The number of hydrogen-bond donors (Lipinski definition) is 1. The molecule has 0 aliphatic carbocycles. The smallest absolute Gasteiger partial charge is 0.241 e. The van der Waals surface area contributed by atoms with Gasteiger partial charge in [0.15, 0.2) is 0 Å². The quantitative estimate of drug-likeness (QED) is 0.677. The zero-order valence-electron chi connectivity index (χ0n) is 16.5. The summed E-state index contributed by atoms with van der Waals surface area (Å²) in [5, 5.41) is 0. The van der Waals surface area contributed by atoms with Crippen LogP contribution in [0.5, 0.6) is 0 Å². The topological polar surface area (TPSA) is 84.3 Å². The number of halogens is 1. The Morgan fingerprint density at radius 1 is 1.23 bits per heavy atom. The highest BCUT2D eigenvalue weighted by atomic mass is 32.2. The summed E-state index contributed by atoms with van der Waals surface area (Å²) in [5.41, 5.74) is 1.97. The molecule has 0 spiro atoms. The maximum Gasteiger partial charge on any atom is 0.241 e. The number of imidazole rings is 1. The third-order valence-electron chi connectivity index (χ3n) is 5.21. The lowest BCUT2D eigenvalue weighted by molar-refractivity contribution is -0.116. The third kappa shape index (κ3) is 3.73. The van der Waals surface area contributed by atoms with E-state index in [0.717, 1.165) is 11.3 Å². The Morgan fingerprint density at radius 2 is 2.03 bits per heavy atom. The second-order valence-electron chi connectivity index (χ2n) is 7.22. The number of nitrogens with one attached hydrogen (secondary N) is 1. The van der Waals surface area contributed by atoms with Crippen molar-refractivity contribution in [1.82, 2.24) is 14.3 Å². The minimum Gasteiger partial charge on any atom is -0.336 e. The fourth-order valence-corrected chi connectivity index (χ4v) is 4.94. The SMILES string of the molecule is CC(=O)N1CCc2cc(S(=O)(=O)NC(c3cccc(F)c3)c3nccn3C)ccc21. The van der Waals surface area contributed by atoms with Gasteiger partial charge in [-0.15, -0.1) is 0 Å². The molecule has 1 aromatic heterocycles. The minimum absolute atomic E-state index is 0.0802. The number of rotatable bonds is 5. The molecule has 0 bridgehead atoms. The van der Waals surface area contributed by atoms with Crippen LogP contribution in [-0.4, -0.2) is 30.4 Å². The highest BCUT2D eigenvalue weighted by Gasteiger charge is 2.28. The van der Waals surface area contributed by atoms with E-state index >= 15 is 0 Å². The third-order valence-corrected chi connectivity index (χ3v) is 6.63. The van der Waals surface area contributed by atoms with Crippen molar-refractivity contribution in [2.45, 2.75) is 24.3 Å². The van der Waals surface area contributed by atoms with E-state index in [1.807, 2.05) is 0 Å². The molecule has 156 valence electrons. The first-order chi connectivity index (χ1) is 14.3. The standard InChI is InChI=1S/C21H21FN4O3S/c1-14(27)26-10-8-15-13-18(6-7-19(15)26)30(28,29)24-20(21-23-9-11-25(21)2)16-4-3-5-17(22)12-16/h3-7,9,11-13,20,24H,8,10H2,1-2H3. The van der Waals surface area contributed by atoms with Gasteiger partial charge < -0.3 is 9.47 Å². The van der Waals surface area contributed by atoms with Gasteiger partial charge in [0.25, 0.3) is 0 Å². The summed E-state index contributed by atoms with van der Waals surface area (Å²) in [6.45, 7) is 2.01. The van der Waals surface area contributed by atoms with E-state index in [2.05, 4.69) is 9.71 Å². The molecule has 1 atom stereocenters. The molecule has 3 aromatic rings. The van der Waals surface area contributed by atoms with Crippen LogP contribution in [0.2, 0.25) is 0 Å². The van der Waals surface area contributed by atoms with E-state index in [0.29, 0.717) is 24.4 Å². The Balaban J connectivity index is 1.71. The molecule has 1 N–H and O–H groups in total. The van der Waals surface area contributed by atoms with Crippen LogP contribution in [0.1, 0.15) is 29.9 Å². The van der Waals surface area contributed by atoms with Gasteiger partial charge in [0.05, 0.1) is 4.90 Å². The molecule has 2 heterocycles. The van der Waals surface area contributed by atoms with E-state index in [-0.39, 0.29) is 10.8 Å². The van der Waals surface area contributed by atoms with E-state index in [1.54, 1.807) is 47.1 Å². The average molecular weight is 428 g/mol. The molecule has 0 saturated heterocycles. The summed E-state index contributed by atoms with van der Waals surface area (Å²) in [6.07, 6.45) is 3.84. The van der Waals surface area contributed by atoms with Gasteiger partial charge >= 0.3 is 0 Å². The van der Waals surface area contributed by atoms with Gasteiger partial charge in [-0.25, -0.2) is 17.8 Å². The van der Waals surface area contributed by atoms with Crippen molar-refractivity contribution in [1.29, 1.82) is 0 Å². The first kappa shape index (κ1) is 20.2. The number of nitrogens with zero attached hydrogens (tertiary/aromatic N) is 3. The fourth-order valence-electron chi connectivity index (χ4n) is 3.71. The van der Waals surface area contributed by atoms with Crippen molar-refractivity contribution in [2.75, 3.05) is 11.4 Å². The molecule has 0 saturated carbocycles. The molecular weight excluding hydrogens is 407 g/mol. The molecule has 0 radical (unpaired) electrons. The number of amides is 1. The lowest BCUT2D eigenvalue weighted by Gasteiger charge is -2.20. The van der Waals surface area contributed by atoms with Gasteiger partial charge in [0.2, 0.25) is 15.9 Å². The summed E-state index contributed by atoms with van der Waals surface area (Å²) < 4.78 is 44.6. The molecule has 1 amide bonds. The highest BCUT2D eigenvalue weighted by Crippen LogP contribution is 2.31. The molecule has 9 heteroatoms. The van der Waals surface area contributed by atoms with Crippen molar-refractivity contribution in [2.24, 2.45) is 7.05 Å². The van der Waals surface area contributed by atoms with Crippen molar-refractivity contribution >= 4 is 21.6 Å². The van der Waals surface area contributed by atoms with Gasteiger partial charge in [-0.05, 0) is 47.9 Å². The monoisotopic (exact) mass is 428 g/mol. The largest absolute Gasteiger partial charge is 0.336 e.